The maximum Gasteiger partial charge on any atom is 0.514 e. The highest BCUT2D eigenvalue weighted by Gasteiger charge is 2.20. The molecule has 11 heteroatoms. The van der Waals surface area contributed by atoms with E-state index < -0.39 is 21.6 Å². The van der Waals surface area contributed by atoms with E-state index in [0.29, 0.717) is 29.5 Å². The fraction of sp³-hybridized carbons (Fsp3) is 0.286. The zero-order chi connectivity index (χ0) is 37.8. The first-order valence-corrected chi connectivity index (χ1v) is 19.2. The second-order valence-electron chi connectivity index (χ2n) is 13.8. The van der Waals surface area contributed by atoms with Gasteiger partial charge in [-0.05, 0) is 97.6 Å². The van der Waals surface area contributed by atoms with Crippen molar-refractivity contribution in [3.63, 3.8) is 0 Å². The number of sulfone groups is 1. The standard InChI is InChI=1S/C42H45N3O7S/c1-7-8-13-40-44-35-21-19-32(43-27-53(47,48)33-20-18-30-23-38(49-5)39(50-6)24-31(30)22-33)25-36(35)45(40)26-28-14-16-29(17-15-28)34-11-9-10-12-37(34)51-41(46)52-42(2,3)4/h9-12,14-25,43H,7-8,13,26-27H2,1-6H3. The summed E-state index contributed by atoms with van der Waals surface area (Å²) < 4.78 is 51.0. The molecule has 6 rings (SSSR count). The normalized spacial score (nSPS) is 11.8. The molecule has 6 aromatic rings. The summed E-state index contributed by atoms with van der Waals surface area (Å²) in [7, 11) is -0.574. The largest absolute Gasteiger partial charge is 0.514 e. The Hall–Kier alpha value is -5.55. The quantitative estimate of drug-likeness (QED) is 0.0914. The third-order valence-corrected chi connectivity index (χ3v) is 10.3. The van der Waals surface area contributed by atoms with E-state index in [0.717, 1.165) is 63.6 Å². The smallest absolute Gasteiger partial charge is 0.493 e. The van der Waals surface area contributed by atoms with Crippen LogP contribution in [-0.4, -0.2) is 49.8 Å². The van der Waals surface area contributed by atoms with E-state index >= 15 is 0 Å². The van der Waals surface area contributed by atoms with Crippen LogP contribution in [0.3, 0.4) is 0 Å². The lowest BCUT2D eigenvalue weighted by molar-refractivity contribution is 0.0207. The van der Waals surface area contributed by atoms with Crippen molar-refractivity contribution in [1.29, 1.82) is 0 Å². The molecule has 10 nitrogen and oxygen atoms in total. The molecule has 0 aliphatic rings. The van der Waals surface area contributed by atoms with Gasteiger partial charge in [-0.3, -0.25) is 0 Å². The number of anilines is 1. The third kappa shape index (κ3) is 8.74. The molecular formula is C42H45N3O7S. The van der Waals surface area contributed by atoms with Crippen molar-refractivity contribution >= 4 is 43.5 Å². The summed E-state index contributed by atoms with van der Waals surface area (Å²) in [5, 5.41) is 4.73. The minimum absolute atomic E-state index is 0.208. The molecule has 0 fully saturated rings. The summed E-state index contributed by atoms with van der Waals surface area (Å²) in [6.07, 6.45) is 2.08. The van der Waals surface area contributed by atoms with Gasteiger partial charge in [-0.1, -0.05) is 61.9 Å². The molecule has 0 unspecified atom stereocenters. The summed E-state index contributed by atoms with van der Waals surface area (Å²) in [5.74, 6) is 2.21. The molecule has 5 aromatic carbocycles. The van der Waals surface area contributed by atoms with Crippen LogP contribution < -0.4 is 19.5 Å². The Kier molecular flexibility index (Phi) is 10.9. The Morgan fingerprint density at radius 2 is 1.55 bits per heavy atom. The van der Waals surface area contributed by atoms with Crippen molar-refractivity contribution in [2.24, 2.45) is 0 Å². The van der Waals surface area contributed by atoms with Crippen LogP contribution in [0.2, 0.25) is 0 Å². The first kappa shape index (κ1) is 37.2. The maximum absolute atomic E-state index is 13.5. The Bertz CT molecular complexity index is 2360. The highest BCUT2D eigenvalue weighted by molar-refractivity contribution is 7.91. The number of benzene rings is 5. The Morgan fingerprint density at radius 3 is 2.25 bits per heavy atom. The number of imidazole rings is 1. The van der Waals surface area contributed by atoms with Crippen LogP contribution in [0.1, 0.15) is 51.9 Å². The molecule has 0 spiro atoms. The summed E-state index contributed by atoms with van der Waals surface area (Å²) in [6, 6.07) is 29.9. The SMILES string of the molecule is CCCCc1nc2ccc(NCS(=O)(=O)c3ccc4cc(OC)c(OC)cc4c3)cc2n1Cc1ccc(-c2ccccc2OC(=O)OC(C)(C)C)cc1. The number of unbranched alkanes of at least 4 members (excludes halogenated alkanes) is 1. The molecule has 53 heavy (non-hydrogen) atoms. The number of methoxy groups -OCH3 is 2. The predicted octanol–water partition coefficient (Wildman–Crippen LogP) is 9.42. The van der Waals surface area contributed by atoms with Crippen LogP contribution in [-0.2, 0) is 27.5 Å². The van der Waals surface area contributed by atoms with Gasteiger partial charge in [0, 0.05) is 24.2 Å². The van der Waals surface area contributed by atoms with Gasteiger partial charge in [-0.2, -0.15) is 0 Å². The molecule has 0 aliphatic carbocycles. The number of nitrogens with one attached hydrogen (secondary N) is 1. The second-order valence-corrected chi connectivity index (χ2v) is 15.8. The first-order chi connectivity index (χ1) is 25.4. The Morgan fingerprint density at radius 1 is 0.830 bits per heavy atom. The molecule has 1 aromatic heterocycles. The van der Waals surface area contributed by atoms with Crippen molar-refractivity contribution in [3.8, 4) is 28.4 Å². The van der Waals surface area contributed by atoms with Gasteiger partial charge >= 0.3 is 6.16 Å². The number of nitrogens with zero attached hydrogens (tertiary/aromatic N) is 2. The molecule has 0 bridgehead atoms. The van der Waals surface area contributed by atoms with Crippen LogP contribution in [0.4, 0.5) is 10.5 Å². The Labute approximate surface area is 310 Å². The lowest BCUT2D eigenvalue weighted by Gasteiger charge is -2.19. The molecule has 0 aliphatic heterocycles. The van der Waals surface area contributed by atoms with Gasteiger partial charge < -0.3 is 28.8 Å². The van der Waals surface area contributed by atoms with E-state index in [1.165, 1.54) is 0 Å². The fourth-order valence-corrected chi connectivity index (χ4v) is 7.23. The second kappa shape index (κ2) is 15.6. The van der Waals surface area contributed by atoms with Crippen molar-refractivity contribution in [2.75, 3.05) is 25.4 Å². The van der Waals surface area contributed by atoms with E-state index in [2.05, 4.69) is 28.9 Å². The number of para-hydroxylation sites is 1. The molecule has 0 atom stereocenters. The first-order valence-electron chi connectivity index (χ1n) is 17.6. The van der Waals surface area contributed by atoms with Gasteiger partial charge in [0.1, 0.15) is 23.1 Å². The number of fused-ring (bicyclic) bond motifs is 2. The number of rotatable bonds is 13. The van der Waals surface area contributed by atoms with Gasteiger partial charge in [-0.15, -0.1) is 0 Å². The number of aromatic nitrogens is 2. The fourth-order valence-electron chi connectivity index (χ4n) is 6.12. The number of carbonyl (C=O) groups excluding carboxylic acids is 1. The molecular weight excluding hydrogens is 691 g/mol. The molecule has 0 radical (unpaired) electrons. The summed E-state index contributed by atoms with van der Waals surface area (Å²) in [6.45, 7) is 8.10. The van der Waals surface area contributed by atoms with Crippen molar-refractivity contribution < 1.29 is 32.2 Å². The van der Waals surface area contributed by atoms with Gasteiger partial charge in [0.05, 0.1) is 30.1 Å². The van der Waals surface area contributed by atoms with Crippen LogP contribution >= 0.6 is 0 Å². The molecule has 0 saturated heterocycles. The minimum Gasteiger partial charge on any atom is -0.493 e. The van der Waals surface area contributed by atoms with Gasteiger partial charge in [-0.25, -0.2) is 18.2 Å². The number of hydrogen-bond donors (Lipinski definition) is 1. The highest BCUT2D eigenvalue weighted by Crippen LogP contribution is 2.34. The zero-order valence-electron chi connectivity index (χ0n) is 30.9. The number of carbonyl (C=O) groups is 1. The Balaban J connectivity index is 1.23. The van der Waals surface area contributed by atoms with Gasteiger partial charge in [0.2, 0.25) is 0 Å². The van der Waals surface area contributed by atoms with Gasteiger partial charge in [0.15, 0.2) is 21.3 Å². The molecule has 1 N–H and O–H groups in total. The van der Waals surface area contributed by atoms with E-state index in [9.17, 15) is 13.2 Å². The van der Waals surface area contributed by atoms with Crippen LogP contribution in [0.25, 0.3) is 32.9 Å². The molecule has 0 saturated carbocycles. The maximum atomic E-state index is 13.5. The van der Waals surface area contributed by atoms with E-state index in [1.807, 2.05) is 54.6 Å². The summed E-state index contributed by atoms with van der Waals surface area (Å²) in [5.41, 5.74) is 4.48. The predicted molar refractivity (Wildman–Crippen MR) is 209 cm³/mol. The molecule has 0 amide bonds. The van der Waals surface area contributed by atoms with Crippen LogP contribution in [0.5, 0.6) is 17.2 Å². The number of ether oxygens (including phenoxy) is 4. The monoisotopic (exact) mass is 735 g/mol. The van der Waals surface area contributed by atoms with Crippen molar-refractivity contribution in [1.82, 2.24) is 9.55 Å². The average molecular weight is 736 g/mol. The topological polar surface area (TPSA) is 118 Å². The van der Waals surface area contributed by atoms with E-state index in [4.69, 9.17) is 23.9 Å². The highest BCUT2D eigenvalue weighted by atomic mass is 32.2. The summed E-state index contributed by atoms with van der Waals surface area (Å²) in [4.78, 5) is 17.6. The van der Waals surface area contributed by atoms with Crippen molar-refractivity contribution in [2.45, 2.75) is 64.0 Å². The van der Waals surface area contributed by atoms with E-state index in [1.54, 1.807) is 65.3 Å². The molecule has 276 valence electrons. The molecule has 1 heterocycles. The van der Waals surface area contributed by atoms with Gasteiger partial charge in [0.25, 0.3) is 0 Å². The van der Waals surface area contributed by atoms with Crippen LogP contribution in [0.15, 0.2) is 102 Å². The average Bonchev–Trinajstić information content (AvgIpc) is 3.47. The minimum atomic E-state index is -3.69. The van der Waals surface area contributed by atoms with Crippen LogP contribution in [0, 0.1) is 0 Å². The third-order valence-electron chi connectivity index (χ3n) is 8.80. The number of aryl methyl sites for hydroxylation is 1. The summed E-state index contributed by atoms with van der Waals surface area (Å²) >= 11 is 0. The number of hydrogen-bond acceptors (Lipinski definition) is 9. The lowest BCUT2D eigenvalue weighted by Crippen LogP contribution is -2.26. The zero-order valence-corrected chi connectivity index (χ0v) is 31.8. The van der Waals surface area contributed by atoms with Crippen molar-refractivity contribution in [3.05, 3.63) is 108 Å². The lowest BCUT2D eigenvalue weighted by atomic mass is 10.0. The van der Waals surface area contributed by atoms with E-state index in [-0.39, 0.29) is 10.8 Å².